The quantitative estimate of drug-likeness (QED) is 0.542. The smallest absolute Gasteiger partial charge is 0.337 e. The average Bonchev–Trinajstić information content (AvgIpc) is 2.96. The zero-order valence-corrected chi connectivity index (χ0v) is 17.6. The van der Waals surface area contributed by atoms with E-state index in [9.17, 15) is 14.4 Å². The first-order valence-corrected chi connectivity index (χ1v) is 9.92. The molecule has 156 valence electrons. The number of nitrogens with zero attached hydrogens (tertiary/aromatic N) is 2. The monoisotopic (exact) mass is 425 g/mol. The molecule has 2 aromatic carbocycles. The largest absolute Gasteiger partial charge is 0.465 e. The molecule has 2 aromatic rings. The van der Waals surface area contributed by atoms with E-state index in [1.165, 1.54) is 12.0 Å². The van der Waals surface area contributed by atoms with Gasteiger partial charge in [0.05, 0.1) is 19.1 Å². The molecule has 7 nitrogen and oxygen atoms in total. The van der Waals surface area contributed by atoms with Crippen LogP contribution in [0, 0.1) is 0 Å². The number of likely N-dealkylation sites (N-methyl/N-ethyl adjacent to an activating group) is 1. The van der Waals surface area contributed by atoms with E-state index in [0.717, 1.165) is 12.0 Å². The lowest BCUT2D eigenvalue weighted by Gasteiger charge is -2.23. The van der Waals surface area contributed by atoms with Gasteiger partial charge in [-0.2, -0.15) is 0 Å². The third kappa shape index (κ3) is 4.83. The Bertz CT molecular complexity index is 947. The lowest BCUT2D eigenvalue weighted by Crippen LogP contribution is -2.39. The topological polar surface area (TPSA) is 78.9 Å². The number of nitrogens with one attached hydrogen (secondary N) is 1. The third-order valence-corrected chi connectivity index (χ3v) is 5.49. The number of amides is 2. The Balaban J connectivity index is 1.64. The number of benzene rings is 2. The first-order chi connectivity index (χ1) is 14.4. The second-order valence-corrected chi connectivity index (χ2v) is 7.31. The Hall–Kier alpha value is -3.26. The lowest BCUT2D eigenvalue weighted by atomic mass is 10.1. The summed E-state index contributed by atoms with van der Waals surface area (Å²) in [5.41, 5.74) is 2.06. The van der Waals surface area contributed by atoms with Crippen molar-refractivity contribution in [2.75, 3.05) is 26.0 Å². The Morgan fingerprint density at radius 2 is 1.77 bits per heavy atom. The van der Waals surface area contributed by atoms with Gasteiger partial charge in [-0.25, -0.2) is 4.79 Å². The van der Waals surface area contributed by atoms with Crippen LogP contribution in [0.3, 0.4) is 0 Å². The SMILES string of the molecule is COC(=O)c1ccc(NC(=O)C[C@@H]2C(=O)N(C)C(=S)N2CCc2ccccc2)cc1. The van der Waals surface area contributed by atoms with Crippen LogP contribution in [0.2, 0.25) is 0 Å². The number of hydrogen-bond acceptors (Lipinski definition) is 5. The van der Waals surface area contributed by atoms with Gasteiger partial charge in [-0.05, 0) is 48.5 Å². The average molecular weight is 426 g/mol. The van der Waals surface area contributed by atoms with Crippen molar-refractivity contribution < 1.29 is 19.1 Å². The number of ether oxygens (including phenoxy) is 1. The number of anilines is 1. The Morgan fingerprint density at radius 1 is 1.10 bits per heavy atom. The zero-order chi connectivity index (χ0) is 21.7. The highest BCUT2D eigenvalue weighted by molar-refractivity contribution is 7.80. The molecule has 3 rings (SSSR count). The molecule has 8 heteroatoms. The molecule has 1 N–H and O–H groups in total. The fourth-order valence-corrected chi connectivity index (χ4v) is 3.62. The maximum Gasteiger partial charge on any atom is 0.337 e. The predicted molar refractivity (Wildman–Crippen MR) is 117 cm³/mol. The molecule has 1 saturated heterocycles. The Kier molecular flexibility index (Phi) is 6.79. The number of methoxy groups -OCH3 is 1. The standard InChI is InChI=1S/C22H23N3O4S/c1-24-20(27)18(25(22(24)30)13-12-15-6-4-3-5-7-15)14-19(26)23-17-10-8-16(9-11-17)21(28)29-2/h3-11,18H,12-14H2,1-2H3,(H,23,26)/t18-/m1/s1. The lowest BCUT2D eigenvalue weighted by molar-refractivity contribution is -0.130. The fraction of sp³-hybridized carbons (Fsp3) is 0.273. The van der Waals surface area contributed by atoms with E-state index in [1.54, 1.807) is 31.3 Å². The van der Waals surface area contributed by atoms with Crippen molar-refractivity contribution in [3.05, 3.63) is 65.7 Å². The van der Waals surface area contributed by atoms with Gasteiger partial charge in [0.15, 0.2) is 5.11 Å². The third-order valence-electron chi connectivity index (χ3n) is 4.98. The van der Waals surface area contributed by atoms with Gasteiger partial charge >= 0.3 is 5.97 Å². The van der Waals surface area contributed by atoms with Gasteiger partial charge in [0.1, 0.15) is 6.04 Å². The Labute approximate surface area is 180 Å². The molecule has 1 heterocycles. The Morgan fingerprint density at radius 3 is 2.40 bits per heavy atom. The molecular weight excluding hydrogens is 402 g/mol. The van der Waals surface area contributed by atoms with Crippen LogP contribution in [0.1, 0.15) is 22.3 Å². The van der Waals surface area contributed by atoms with Crippen LogP contribution in [0.5, 0.6) is 0 Å². The summed E-state index contributed by atoms with van der Waals surface area (Å²) in [5, 5.41) is 3.19. The molecule has 2 amide bonds. The minimum absolute atomic E-state index is 0.0170. The first kappa shape index (κ1) is 21.4. The van der Waals surface area contributed by atoms with Crippen molar-refractivity contribution in [1.29, 1.82) is 0 Å². The molecule has 0 saturated carbocycles. The van der Waals surface area contributed by atoms with E-state index < -0.39 is 12.0 Å². The zero-order valence-electron chi connectivity index (χ0n) is 16.8. The second-order valence-electron chi connectivity index (χ2n) is 6.95. The number of rotatable bonds is 7. The molecule has 1 aliphatic rings. The van der Waals surface area contributed by atoms with Crippen LogP contribution in [-0.4, -0.2) is 59.4 Å². The summed E-state index contributed by atoms with van der Waals surface area (Å²) in [6.07, 6.45) is 0.700. The number of esters is 1. The summed E-state index contributed by atoms with van der Waals surface area (Å²) in [6.45, 7) is 0.546. The van der Waals surface area contributed by atoms with E-state index in [4.69, 9.17) is 12.2 Å². The maximum atomic E-state index is 12.6. The van der Waals surface area contributed by atoms with Crippen LogP contribution in [0.25, 0.3) is 0 Å². The molecule has 0 unspecified atom stereocenters. The van der Waals surface area contributed by atoms with E-state index in [1.807, 2.05) is 35.2 Å². The molecule has 1 fully saturated rings. The van der Waals surface area contributed by atoms with Crippen LogP contribution < -0.4 is 5.32 Å². The highest BCUT2D eigenvalue weighted by Crippen LogP contribution is 2.21. The maximum absolute atomic E-state index is 12.6. The van der Waals surface area contributed by atoms with Crippen molar-refractivity contribution in [3.8, 4) is 0 Å². The second kappa shape index (κ2) is 9.49. The van der Waals surface area contributed by atoms with Crippen LogP contribution in [0.15, 0.2) is 54.6 Å². The number of hydrogen-bond donors (Lipinski definition) is 1. The normalized spacial score (nSPS) is 16.0. The van der Waals surface area contributed by atoms with Gasteiger partial charge in [-0.1, -0.05) is 30.3 Å². The molecule has 0 aliphatic carbocycles. The van der Waals surface area contributed by atoms with Gasteiger partial charge < -0.3 is 15.0 Å². The van der Waals surface area contributed by atoms with Gasteiger partial charge in [-0.15, -0.1) is 0 Å². The van der Waals surface area contributed by atoms with E-state index in [0.29, 0.717) is 22.9 Å². The molecule has 0 spiro atoms. The van der Waals surface area contributed by atoms with Gasteiger partial charge in [-0.3, -0.25) is 14.5 Å². The molecule has 30 heavy (non-hydrogen) atoms. The van der Waals surface area contributed by atoms with Crippen molar-refractivity contribution in [3.63, 3.8) is 0 Å². The van der Waals surface area contributed by atoms with E-state index in [-0.39, 0.29) is 18.2 Å². The molecular formula is C22H23N3O4S. The number of carbonyl (C=O) groups excluding carboxylic acids is 3. The van der Waals surface area contributed by atoms with Crippen LogP contribution in [0.4, 0.5) is 5.69 Å². The minimum Gasteiger partial charge on any atom is -0.465 e. The van der Waals surface area contributed by atoms with Gasteiger partial charge in [0.2, 0.25) is 5.91 Å². The summed E-state index contributed by atoms with van der Waals surface area (Å²) in [5.74, 6) is -0.943. The molecule has 1 aliphatic heterocycles. The number of thiocarbonyl (C=S) groups is 1. The van der Waals surface area contributed by atoms with Gasteiger partial charge in [0.25, 0.3) is 5.91 Å². The summed E-state index contributed by atoms with van der Waals surface area (Å²) in [6, 6.07) is 15.6. The molecule has 0 radical (unpaired) electrons. The predicted octanol–water partition coefficient (Wildman–Crippen LogP) is 2.47. The van der Waals surface area contributed by atoms with E-state index in [2.05, 4.69) is 10.1 Å². The summed E-state index contributed by atoms with van der Waals surface area (Å²) < 4.78 is 4.66. The molecule has 0 bridgehead atoms. The van der Waals surface area contributed by atoms with Crippen molar-refractivity contribution in [2.24, 2.45) is 0 Å². The summed E-state index contributed by atoms with van der Waals surface area (Å²) >= 11 is 5.42. The van der Waals surface area contributed by atoms with Crippen molar-refractivity contribution >= 4 is 40.8 Å². The molecule has 1 atom stereocenters. The molecule has 0 aromatic heterocycles. The van der Waals surface area contributed by atoms with Crippen LogP contribution >= 0.6 is 12.2 Å². The summed E-state index contributed by atoms with van der Waals surface area (Å²) in [4.78, 5) is 40.0. The van der Waals surface area contributed by atoms with E-state index >= 15 is 0 Å². The van der Waals surface area contributed by atoms with Crippen molar-refractivity contribution in [2.45, 2.75) is 18.9 Å². The fourth-order valence-electron chi connectivity index (χ4n) is 3.32. The highest BCUT2D eigenvalue weighted by atomic mass is 32.1. The van der Waals surface area contributed by atoms with Gasteiger partial charge in [0, 0.05) is 19.3 Å². The van der Waals surface area contributed by atoms with Crippen LogP contribution in [-0.2, 0) is 20.7 Å². The first-order valence-electron chi connectivity index (χ1n) is 9.51. The summed E-state index contributed by atoms with van der Waals surface area (Å²) in [7, 11) is 2.94. The minimum atomic E-state index is -0.638. The van der Waals surface area contributed by atoms with Crippen molar-refractivity contribution in [1.82, 2.24) is 9.80 Å². The number of carbonyl (C=O) groups is 3. The highest BCUT2D eigenvalue weighted by Gasteiger charge is 2.41.